The van der Waals surface area contributed by atoms with Crippen LogP contribution in [0.25, 0.3) is 0 Å². The highest BCUT2D eigenvalue weighted by Crippen LogP contribution is 2.30. The summed E-state index contributed by atoms with van der Waals surface area (Å²) in [6.07, 6.45) is 5.55. The molecule has 2 aromatic rings. The predicted octanol–water partition coefficient (Wildman–Crippen LogP) is 3.44. The van der Waals surface area contributed by atoms with Crippen LogP contribution in [0.3, 0.4) is 0 Å². The highest BCUT2D eigenvalue weighted by atomic mass is 35.5. The maximum atomic E-state index is 12.8. The summed E-state index contributed by atoms with van der Waals surface area (Å²) in [6, 6.07) is 7.31. The molecule has 0 spiro atoms. The van der Waals surface area contributed by atoms with Crippen molar-refractivity contribution in [1.82, 2.24) is 19.6 Å². The summed E-state index contributed by atoms with van der Waals surface area (Å²) in [5, 5.41) is 5.12. The fourth-order valence-corrected chi connectivity index (χ4v) is 3.70. The molecule has 2 heterocycles. The zero-order valence-corrected chi connectivity index (χ0v) is 17.1. The van der Waals surface area contributed by atoms with Crippen LogP contribution < -0.4 is 4.74 Å². The number of aryl methyl sites for hydroxylation is 1. The van der Waals surface area contributed by atoms with Gasteiger partial charge in [-0.05, 0) is 68.5 Å². The average molecular weight is 403 g/mol. The summed E-state index contributed by atoms with van der Waals surface area (Å²) in [7, 11) is 0. The van der Waals surface area contributed by atoms with E-state index in [4.69, 9.17) is 16.3 Å². The number of halogens is 1. The molecule has 28 heavy (non-hydrogen) atoms. The summed E-state index contributed by atoms with van der Waals surface area (Å²) in [5.41, 5.74) is 1.44. The third kappa shape index (κ3) is 4.86. The Balaban J connectivity index is 1.31. The molecule has 6 nitrogen and oxygen atoms in total. The normalized spacial score (nSPS) is 18.1. The maximum Gasteiger partial charge on any atom is 0.274 e. The second-order valence-corrected chi connectivity index (χ2v) is 8.22. The average Bonchev–Trinajstić information content (AvgIpc) is 3.43. The zero-order valence-electron chi connectivity index (χ0n) is 16.3. The lowest BCUT2D eigenvalue weighted by atomic mass is 10.2. The van der Waals surface area contributed by atoms with Gasteiger partial charge >= 0.3 is 0 Å². The first-order valence-corrected chi connectivity index (χ1v) is 10.4. The quantitative estimate of drug-likeness (QED) is 0.742. The van der Waals surface area contributed by atoms with Crippen LogP contribution in [0.4, 0.5) is 0 Å². The minimum absolute atomic E-state index is 0.00867. The smallest absolute Gasteiger partial charge is 0.274 e. The van der Waals surface area contributed by atoms with Gasteiger partial charge in [0.05, 0.1) is 0 Å². The first-order valence-electron chi connectivity index (χ1n) is 10.0. The molecule has 1 aliphatic carbocycles. The van der Waals surface area contributed by atoms with Crippen molar-refractivity contribution in [3.05, 3.63) is 46.7 Å². The van der Waals surface area contributed by atoms with Crippen molar-refractivity contribution in [2.75, 3.05) is 32.7 Å². The Bertz CT molecular complexity index is 834. The molecule has 150 valence electrons. The number of ether oxygens (including phenoxy) is 1. The van der Waals surface area contributed by atoms with E-state index in [1.807, 2.05) is 30.0 Å². The molecule has 1 saturated heterocycles. The van der Waals surface area contributed by atoms with Gasteiger partial charge in [0.1, 0.15) is 5.75 Å². The number of amides is 1. The summed E-state index contributed by atoms with van der Waals surface area (Å²) < 4.78 is 7.40. The third-order valence-corrected chi connectivity index (χ3v) is 5.87. The number of hydrogen-bond acceptors (Lipinski definition) is 4. The van der Waals surface area contributed by atoms with Gasteiger partial charge in [0.25, 0.3) is 5.91 Å². The van der Waals surface area contributed by atoms with Gasteiger partial charge in [-0.3, -0.25) is 4.79 Å². The molecular formula is C21H27ClN4O2. The first-order chi connectivity index (χ1) is 13.6. The molecule has 1 aliphatic heterocycles. The Morgan fingerprint density at radius 1 is 1.21 bits per heavy atom. The molecule has 0 radical (unpaired) electrons. The third-order valence-electron chi connectivity index (χ3n) is 5.44. The van der Waals surface area contributed by atoms with E-state index in [0.717, 1.165) is 49.8 Å². The SMILES string of the molecule is Cc1cc(OCn2ccc(C(=O)N3CCCN(CC4CC4)CC3)n2)ccc1Cl. The lowest BCUT2D eigenvalue weighted by Crippen LogP contribution is -2.36. The highest BCUT2D eigenvalue weighted by Gasteiger charge is 2.27. The van der Waals surface area contributed by atoms with Crippen LogP contribution in [0.15, 0.2) is 30.5 Å². The van der Waals surface area contributed by atoms with E-state index in [-0.39, 0.29) is 12.6 Å². The van der Waals surface area contributed by atoms with Crippen LogP contribution in [0.5, 0.6) is 5.75 Å². The predicted molar refractivity (Wildman–Crippen MR) is 109 cm³/mol. The molecule has 0 N–H and O–H groups in total. The second kappa shape index (κ2) is 8.53. The largest absolute Gasteiger partial charge is 0.471 e. The Kier molecular flexibility index (Phi) is 5.87. The van der Waals surface area contributed by atoms with Crippen molar-refractivity contribution in [3.63, 3.8) is 0 Å². The van der Waals surface area contributed by atoms with Crippen molar-refractivity contribution in [3.8, 4) is 5.75 Å². The Hall–Kier alpha value is -2.05. The number of aromatic nitrogens is 2. The van der Waals surface area contributed by atoms with E-state index in [9.17, 15) is 4.79 Å². The lowest BCUT2D eigenvalue weighted by Gasteiger charge is -2.21. The highest BCUT2D eigenvalue weighted by molar-refractivity contribution is 6.31. The molecule has 0 atom stereocenters. The molecule has 1 amide bonds. The summed E-state index contributed by atoms with van der Waals surface area (Å²) in [6.45, 7) is 7.01. The molecule has 0 bridgehead atoms. The van der Waals surface area contributed by atoms with E-state index in [0.29, 0.717) is 10.7 Å². The van der Waals surface area contributed by atoms with Gasteiger partial charge in [0.2, 0.25) is 0 Å². The van der Waals surface area contributed by atoms with Crippen molar-refractivity contribution in [1.29, 1.82) is 0 Å². The number of carbonyl (C=O) groups excluding carboxylic acids is 1. The van der Waals surface area contributed by atoms with Gasteiger partial charge < -0.3 is 14.5 Å². The van der Waals surface area contributed by atoms with Gasteiger partial charge in [-0.1, -0.05) is 11.6 Å². The minimum Gasteiger partial charge on any atom is -0.471 e. The second-order valence-electron chi connectivity index (χ2n) is 7.81. The number of carbonyl (C=O) groups is 1. The molecule has 7 heteroatoms. The van der Waals surface area contributed by atoms with E-state index < -0.39 is 0 Å². The van der Waals surface area contributed by atoms with Crippen LogP contribution in [-0.4, -0.2) is 58.2 Å². The monoisotopic (exact) mass is 402 g/mol. The van der Waals surface area contributed by atoms with E-state index >= 15 is 0 Å². The Labute approximate surface area is 171 Å². The molecular weight excluding hydrogens is 376 g/mol. The topological polar surface area (TPSA) is 50.6 Å². The van der Waals surface area contributed by atoms with Crippen molar-refractivity contribution >= 4 is 17.5 Å². The van der Waals surface area contributed by atoms with E-state index in [2.05, 4.69) is 10.00 Å². The standard InChI is InChI=1S/C21H27ClN4O2/c1-16-13-18(5-6-19(16)22)28-15-26-10-7-20(23-26)21(27)25-9-2-8-24(11-12-25)14-17-3-4-17/h5-7,10,13,17H,2-4,8-9,11-12,14-15H2,1H3. The molecule has 2 aliphatic rings. The number of rotatable bonds is 6. The van der Waals surface area contributed by atoms with Gasteiger partial charge in [-0.2, -0.15) is 5.10 Å². The van der Waals surface area contributed by atoms with Crippen LogP contribution >= 0.6 is 11.6 Å². The van der Waals surface area contributed by atoms with Crippen molar-refractivity contribution in [2.45, 2.75) is 32.9 Å². The molecule has 1 saturated carbocycles. The molecule has 1 aromatic heterocycles. The first kappa shape index (κ1) is 19.3. The van der Waals surface area contributed by atoms with Gasteiger partial charge in [-0.15, -0.1) is 0 Å². The van der Waals surface area contributed by atoms with Crippen molar-refractivity contribution in [2.24, 2.45) is 5.92 Å². The van der Waals surface area contributed by atoms with Crippen LogP contribution in [0.1, 0.15) is 35.3 Å². The lowest BCUT2D eigenvalue weighted by molar-refractivity contribution is 0.0753. The van der Waals surface area contributed by atoms with Crippen LogP contribution in [0.2, 0.25) is 5.02 Å². The molecule has 4 rings (SSSR count). The van der Waals surface area contributed by atoms with Gasteiger partial charge in [0.15, 0.2) is 12.4 Å². The molecule has 2 fully saturated rings. The zero-order chi connectivity index (χ0) is 19.5. The fraction of sp³-hybridized carbons (Fsp3) is 0.524. The van der Waals surface area contributed by atoms with Crippen molar-refractivity contribution < 1.29 is 9.53 Å². The van der Waals surface area contributed by atoms with E-state index in [1.54, 1.807) is 16.9 Å². The van der Waals surface area contributed by atoms with Gasteiger partial charge in [0, 0.05) is 37.4 Å². The maximum absolute atomic E-state index is 12.8. The Morgan fingerprint density at radius 2 is 2.07 bits per heavy atom. The van der Waals surface area contributed by atoms with E-state index in [1.165, 1.54) is 19.4 Å². The summed E-state index contributed by atoms with van der Waals surface area (Å²) in [5.74, 6) is 1.63. The number of hydrogen-bond donors (Lipinski definition) is 0. The summed E-state index contributed by atoms with van der Waals surface area (Å²) in [4.78, 5) is 17.3. The molecule has 0 unspecified atom stereocenters. The number of benzene rings is 1. The molecule has 1 aromatic carbocycles. The Morgan fingerprint density at radius 3 is 2.86 bits per heavy atom. The van der Waals surface area contributed by atoms with Crippen LogP contribution in [-0.2, 0) is 6.73 Å². The van der Waals surface area contributed by atoms with Crippen LogP contribution in [0, 0.1) is 12.8 Å². The minimum atomic E-state index is 0.00867. The van der Waals surface area contributed by atoms with Gasteiger partial charge in [-0.25, -0.2) is 4.68 Å². The number of nitrogens with zero attached hydrogens (tertiary/aromatic N) is 4. The summed E-state index contributed by atoms with van der Waals surface area (Å²) >= 11 is 6.04. The fourth-order valence-electron chi connectivity index (χ4n) is 3.58.